The molecular formula is C7H14O2. The monoisotopic (exact) mass is 130 g/mol. The molecule has 1 unspecified atom stereocenters. The maximum absolute atomic E-state index is 5.30. The Morgan fingerprint density at radius 2 is 2.00 bits per heavy atom. The molecule has 0 spiro atoms. The third-order valence-electron chi connectivity index (χ3n) is 1.59. The minimum atomic E-state index is 0.233. The van der Waals surface area contributed by atoms with E-state index in [1.54, 1.807) is 0 Å². The van der Waals surface area contributed by atoms with Crippen molar-refractivity contribution in [3.8, 4) is 0 Å². The Balaban J connectivity index is 2.42. The molecule has 2 heteroatoms. The molecule has 0 aromatic rings. The van der Waals surface area contributed by atoms with Gasteiger partial charge < -0.3 is 9.47 Å². The van der Waals surface area contributed by atoms with Gasteiger partial charge in [0.1, 0.15) is 6.79 Å². The second-order valence-electron chi connectivity index (χ2n) is 3.51. The lowest BCUT2D eigenvalue weighted by Gasteiger charge is -2.23. The molecule has 1 saturated heterocycles. The summed E-state index contributed by atoms with van der Waals surface area (Å²) in [5, 5.41) is 0. The van der Waals surface area contributed by atoms with Crippen LogP contribution in [0.3, 0.4) is 0 Å². The quantitative estimate of drug-likeness (QED) is 0.493. The van der Waals surface area contributed by atoms with Crippen LogP contribution in [0.2, 0.25) is 0 Å². The van der Waals surface area contributed by atoms with E-state index in [1.807, 2.05) is 0 Å². The highest BCUT2D eigenvalue weighted by Crippen LogP contribution is 2.25. The van der Waals surface area contributed by atoms with Crippen molar-refractivity contribution in [3.63, 3.8) is 0 Å². The van der Waals surface area contributed by atoms with Crippen LogP contribution in [-0.4, -0.2) is 19.5 Å². The molecule has 1 aliphatic rings. The Kier molecular flexibility index (Phi) is 1.78. The normalized spacial score (nSPS) is 29.0. The van der Waals surface area contributed by atoms with E-state index < -0.39 is 0 Å². The number of hydrogen-bond donors (Lipinski definition) is 0. The van der Waals surface area contributed by atoms with Gasteiger partial charge in [0, 0.05) is 0 Å². The molecule has 1 rings (SSSR count). The van der Waals surface area contributed by atoms with Gasteiger partial charge in [-0.25, -0.2) is 0 Å². The molecule has 1 atom stereocenters. The van der Waals surface area contributed by atoms with Crippen molar-refractivity contribution in [1.29, 1.82) is 0 Å². The van der Waals surface area contributed by atoms with Crippen LogP contribution in [0.5, 0.6) is 0 Å². The van der Waals surface area contributed by atoms with E-state index in [0.717, 1.165) is 6.61 Å². The topological polar surface area (TPSA) is 18.5 Å². The fourth-order valence-corrected chi connectivity index (χ4v) is 0.834. The molecule has 9 heavy (non-hydrogen) atoms. The van der Waals surface area contributed by atoms with Crippen LogP contribution < -0.4 is 0 Å². The summed E-state index contributed by atoms with van der Waals surface area (Å²) in [6.07, 6.45) is 0.289. The number of rotatable bonds is 0. The van der Waals surface area contributed by atoms with Crippen molar-refractivity contribution >= 4 is 0 Å². The van der Waals surface area contributed by atoms with Gasteiger partial charge in [-0.1, -0.05) is 20.8 Å². The first kappa shape index (κ1) is 7.03. The predicted octanol–water partition coefficient (Wildman–Crippen LogP) is 1.41. The minimum Gasteiger partial charge on any atom is -0.353 e. The second-order valence-corrected chi connectivity index (χ2v) is 3.51. The summed E-state index contributed by atoms with van der Waals surface area (Å²) in [5.74, 6) is 0. The van der Waals surface area contributed by atoms with Gasteiger partial charge in [0.05, 0.1) is 12.7 Å². The highest BCUT2D eigenvalue weighted by Gasteiger charge is 2.28. The summed E-state index contributed by atoms with van der Waals surface area (Å²) in [5.41, 5.74) is 0.233. The molecule has 1 aliphatic heterocycles. The Morgan fingerprint density at radius 1 is 1.33 bits per heavy atom. The number of ether oxygens (including phenoxy) is 2. The molecule has 0 amide bonds. The van der Waals surface area contributed by atoms with E-state index in [-0.39, 0.29) is 11.5 Å². The summed E-state index contributed by atoms with van der Waals surface area (Å²) >= 11 is 0. The minimum absolute atomic E-state index is 0.233. The molecule has 0 bridgehead atoms. The van der Waals surface area contributed by atoms with Crippen molar-refractivity contribution in [2.45, 2.75) is 26.9 Å². The second kappa shape index (κ2) is 2.27. The maximum atomic E-state index is 5.30. The van der Waals surface area contributed by atoms with Crippen LogP contribution in [-0.2, 0) is 9.47 Å². The zero-order chi connectivity index (χ0) is 6.91. The SMILES string of the molecule is CC(C)(C)C1COCO1. The first-order chi connectivity index (χ1) is 4.11. The molecule has 0 N–H and O–H groups in total. The van der Waals surface area contributed by atoms with Crippen LogP contribution in [0, 0.1) is 5.41 Å². The Labute approximate surface area is 56.2 Å². The highest BCUT2D eigenvalue weighted by atomic mass is 16.7. The van der Waals surface area contributed by atoms with Crippen molar-refractivity contribution in [2.24, 2.45) is 5.41 Å². The zero-order valence-electron chi connectivity index (χ0n) is 6.31. The average Bonchev–Trinajstić information content (AvgIpc) is 2.08. The summed E-state index contributed by atoms with van der Waals surface area (Å²) < 4.78 is 10.4. The van der Waals surface area contributed by atoms with Gasteiger partial charge >= 0.3 is 0 Å². The van der Waals surface area contributed by atoms with E-state index >= 15 is 0 Å². The molecule has 0 aromatic heterocycles. The standard InChI is InChI=1S/C7H14O2/c1-7(2,3)6-4-8-5-9-6/h6H,4-5H2,1-3H3. The van der Waals surface area contributed by atoms with Gasteiger partial charge in [0.2, 0.25) is 0 Å². The average molecular weight is 130 g/mol. The summed E-state index contributed by atoms with van der Waals surface area (Å²) in [7, 11) is 0. The summed E-state index contributed by atoms with van der Waals surface area (Å²) in [4.78, 5) is 0. The molecule has 0 aliphatic carbocycles. The van der Waals surface area contributed by atoms with Gasteiger partial charge in [0.15, 0.2) is 0 Å². The summed E-state index contributed by atoms with van der Waals surface area (Å²) in [6.45, 7) is 7.70. The van der Waals surface area contributed by atoms with Crippen LogP contribution in [0.15, 0.2) is 0 Å². The van der Waals surface area contributed by atoms with Crippen LogP contribution in [0.25, 0.3) is 0 Å². The smallest absolute Gasteiger partial charge is 0.147 e. The lowest BCUT2D eigenvalue weighted by Crippen LogP contribution is -2.27. The Morgan fingerprint density at radius 3 is 2.22 bits per heavy atom. The van der Waals surface area contributed by atoms with Crippen molar-refractivity contribution in [2.75, 3.05) is 13.4 Å². The highest BCUT2D eigenvalue weighted by molar-refractivity contribution is 4.75. The van der Waals surface area contributed by atoms with E-state index in [0.29, 0.717) is 6.79 Å². The molecule has 1 fully saturated rings. The van der Waals surface area contributed by atoms with Crippen LogP contribution >= 0.6 is 0 Å². The van der Waals surface area contributed by atoms with Crippen molar-refractivity contribution in [1.82, 2.24) is 0 Å². The zero-order valence-corrected chi connectivity index (χ0v) is 6.31. The third-order valence-corrected chi connectivity index (χ3v) is 1.59. The van der Waals surface area contributed by atoms with Crippen LogP contribution in [0.4, 0.5) is 0 Å². The molecule has 1 heterocycles. The largest absolute Gasteiger partial charge is 0.353 e. The predicted molar refractivity (Wildman–Crippen MR) is 35.1 cm³/mol. The molecule has 0 radical (unpaired) electrons. The van der Waals surface area contributed by atoms with Crippen molar-refractivity contribution in [3.05, 3.63) is 0 Å². The van der Waals surface area contributed by atoms with E-state index in [9.17, 15) is 0 Å². The van der Waals surface area contributed by atoms with Crippen LogP contribution in [0.1, 0.15) is 20.8 Å². The molecule has 2 nitrogen and oxygen atoms in total. The lowest BCUT2D eigenvalue weighted by atomic mass is 9.90. The van der Waals surface area contributed by atoms with Crippen molar-refractivity contribution < 1.29 is 9.47 Å². The van der Waals surface area contributed by atoms with Gasteiger partial charge in [0.25, 0.3) is 0 Å². The Bertz CT molecular complexity index is 87.6. The van der Waals surface area contributed by atoms with Gasteiger partial charge in [-0.2, -0.15) is 0 Å². The molecule has 0 saturated carbocycles. The fourth-order valence-electron chi connectivity index (χ4n) is 0.834. The van der Waals surface area contributed by atoms with E-state index in [4.69, 9.17) is 9.47 Å². The Hall–Kier alpha value is -0.0800. The van der Waals surface area contributed by atoms with Gasteiger partial charge in [-0.15, -0.1) is 0 Å². The van der Waals surface area contributed by atoms with E-state index in [1.165, 1.54) is 0 Å². The maximum Gasteiger partial charge on any atom is 0.147 e. The fraction of sp³-hybridized carbons (Fsp3) is 1.00. The van der Waals surface area contributed by atoms with Gasteiger partial charge in [-0.05, 0) is 5.41 Å². The molecule has 54 valence electrons. The molecule has 0 aromatic carbocycles. The van der Waals surface area contributed by atoms with E-state index in [2.05, 4.69) is 20.8 Å². The third kappa shape index (κ3) is 1.66. The first-order valence-electron chi connectivity index (χ1n) is 3.30. The molecular weight excluding hydrogens is 116 g/mol. The van der Waals surface area contributed by atoms with Gasteiger partial charge in [-0.3, -0.25) is 0 Å². The summed E-state index contributed by atoms with van der Waals surface area (Å²) in [6, 6.07) is 0. The lowest BCUT2D eigenvalue weighted by molar-refractivity contribution is 0.00941. The first-order valence-corrected chi connectivity index (χ1v) is 3.30. The number of hydrogen-bond acceptors (Lipinski definition) is 2.